The molecule has 3 heterocycles. The van der Waals surface area contributed by atoms with Crippen LogP contribution >= 0.6 is 11.3 Å². The van der Waals surface area contributed by atoms with Crippen LogP contribution in [0.1, 0.15) is 47.8 Å². The average molecular weight is 319 g/mol. The van der Waals surface area contributed by atoms with Crippen LogP contribution in [0.15, 0.2) is 6.33 Å². The average Bonchev–Trinajstić information content (AvgIpc) is 2.71. The van der Waals surface area contributed by atoms with E-state index in [2.05, 4.69) is 14.9 Å². The Hall–Kier alpha value is -1.69. The van der Waals surface area contributed by atoms with Gasteiger partial charge in [-0.3, -0.25) is 0 Å². The molecule has 0 spiro atoms. The molecule has 0 amide bonds. The number of carbonyl (C=O) groups is 1. The summed E-state index contributed by atoms with van der Waals surface area (Å²) in [6.45, 7) is 6.22. The van der Waals surface area contributed by atoms with Gasteiger partial charge in [0.1, 0.15) is 21.9 Å². The molecular weight excluding hydrogens is 298 g/mol. The molecule has 0 atom stereocenters. The Bertz CT molecular complexity index is 675. The van der Waals surface area contributed by atoms with Gasteiger partial charge in [0.2, 0.25) is 0 Å². The quantitative estimate of drug-likeness (QED) is 0.810. The van der Waals surface area contributed by atoms with Crippen LogP contribution in [0, 0.1) is 6.92 Å². The standard InChI is InChI=1S/C16H21N3O2S/c1-3-21-16(20)13-11(2)12-14(17-10-18-15(12)22-13)19-8-6-4-5-7-9-19/h10H,3-9H2,1-2H3. The normalized spacial score (nSPS) is 15.8. The Labute approximate surface area is 134 Å². The second-order valence-electron chi connectivity index (χ2n) is 5.56. The molecule has 2 aromatic heterocycles. The number of hydrogen-bond acceptors (Lipinski definition) is 6. The molecule has 22 heavy (non-hydrogen) atoms. The van der Waals surface area contributed by atoms with Gasteiger partial charge in [0, 0.05) is 13.1 Å². The smallest absolute Gasteiger partial charge is 0.348 e. The van der Waals surface area contributed by atoms with E-state index < -0.39 is 0 Å². The summed E-state index contributed by atoms with van der Waals surface area (Å²) in [5.74, 6) is 0.709. The molecule has 0 saturated carbocycles. The summed E-state index contributed by atoms with van der Waals surface area (Å²) >= 11 is 1.40. The minimum atomic E-state index is -0.259. The van der Waals surface area contributed by atoms with Crippen molar-refractivity contribution in [3.05, 3.63) is 16.8 Å². The number of thiophene rings is 1. The minimum absolute atomic E-state index is 0.259. The van der Waals surface area contributed by atoms with Crippen molar-refractivity contribution < 1.29 is 9.53 Å². The molecule has 6 heteroatoms. The van der Waals surface area contributed by atoms with Crippen LogP contribution in [0.25, 0.3) is 10.2 Å². The molecular formula is C16H21N3O2S. The number of nitrogens with zero attached hydrogens (tertiary/aromatic N) is 3. The molecule has 1 aliphatic rings. The number of fused-ring (bicyclic) bond motifs is 1. The van der Waals surface area contributed by atoms with E-state index in [1.807, 2.05) is 13.8 Å². The van der Waals surface area contributed by atoms with Crippen molar-refractivity contribution in [1.82, 2.24) is 9.97 Å². The fourth-order valence-corrected chi connectivity index (χ4v) is 4.00. The predicted molar refractivity (Wildman–Crippen MR) is 88.8 cm³/mol. The third-order valence-electron chi connectivity index (χ3n) is 4.07. The zero-order valence-electron chi connectivity index (χ0n) is 13.1. The lowest BCUT2D eigenvalue weighted by Crippen LogP contribution is -2.25. The highest BCUT2D eigenvalue weighted by molar-refractivity contribution is 7.20. The van der Waals surface area contributed by atoms with Crippen molar-refractivity contribution in [3.8, 4) is 0 Å². The minimum Gasteiger partial charge on any atom is -0.462 e. The first-order valence-corrected chi connectivity index (χ1v) is 8.70. The molecule has 5 nitrogen and oxygen atoms in total. The molecule has 0 aromatic carbocycles. The van der Waals surface area contributed by atoms with Crippen LogP contribution in [-0.4, -0.2) is 35.6 Å². The maximum Gasteiger partial charge on any atom is 0.348 e. The maximum absolute atomic E-state index is 12.1. The monoisotopic (exact) mass is 319 g/mol. The highest BCUT2D eigenvalue weighted by Crippen LogP contribution is 2.35. The Balaban J connectivity index is 2.05. The number of anilines is 1. The van der Waals surface area contributed by atoms with Gasteiger partial charge < -0.3 is 9.64 Å². The van der Waals surface area contributed by atoms with Crippen molar-refractivity contribution in [1.29, 1.82) is 0 Å². The van der Waals surface area contributed by atoms with Gasteiger partial charge in [0.15, 0.2) is 0 Å². The summed E-state index contributed by atoms with van der Waals surface area (Å²) in [7, 11) is 0. The lowest BCUT2D eigenvalue weighted by molar-refractivity contribution is 0.0531. The zero-order chi connectivity index (χ0) is 15.5. The second kappa shape index (κ2) is 6.60. The molecule has 2 aromatic rings. The highest BCUT2D eigenvalue weighted by atomic mass is 32.1. The summed E-state index contributed by atoms with van der Waals surface area (Å²) < 4.78 is 5.15. The van der Waals surface area contributed by atoms with Crippen molar-refractivity contribution in [3.63, 3.8) is 0 Å². The molecule has 118 valence electrons. The van der Waals surface area contributed by atoms with E-state index in [1.165, 1.54) is 37.0 Å². The first-order chi connectivity index (χ1) is 10.7. The molecule has 1 fully saturated rings. The first kappa shape index (κ1) is 15.2. The van der Waals surface area contributed by atoms with Gasteiger partial charge in [-0.1, -0.05) is 12.8 Å². The van der Waals surface area contributed by atoms with Gasteiger partial charge in [-0.05, 0) is 32.3 Å². The Morgan fingerprint density at radius 1 is 1.27 bits per heavy atom. The van der Waals surface area contributed by atoms with E-state index in [0.717, 1.165) is 34.7 Å². The van der Waals surface area contributed by atoms with E-state index in [-0.39, 0.29) is 5.97 Å². The Morgan fingerprint density at radius 3 is 2.68 bits per heavy atom. The van der Waals surface area contributed by atoms with Crippen LogP contribution in [0.3, 0.4) is 0 Å². The topological polar surface area (TPSA) is 55.3 Å². The van der Waals surface area contributed by atoms with Gasteiger partial charge >= 0.3 is 5.97 Å². The first-order valence-electron chi connectivity index (χ1n) is 7.88. The van der Waals surface area contributed by atoms with Crippen molar-refractivity contribution in [2.24, 2.45) is 0 Å². The van der Waals surface area contributed by atoms with Gasteiger partial charge in [0.05, 0.1) is 12.0 Å². The van der Waals surface area contributed by atoms with Gasteiger partial charge in [-0.2, -0.15) is 0 Å². The van der Waals surface area contributed by atoms with Gasteiger partial charge in [-0.25, -0.2) is 14.8 Å². The van der Waals surface area contributed by atoms with Crippen LogP contribution in [0.5, 0.6) is 0 Å². The van der Waals surface area contributed by atoms with Crippen LogP contribution in [-0.2, 0) is 4.74 Å². The second-order valence-corrected chi connectivity index (χ2v) is 6.55. The Morgan fingerprint density at radius 2 is 2.00 bits per heavy atom. The molecule has 0 radical (unpaired) electrons. The predicted octanol–water partition coefficient (Wildman–Crippen LogP) is 3.56. The lowest BCUT2D eigenvalue weighted by atomic mass is 10.2. The molecule has 0 aliphatic carbocycles. The summed E-state index contributed by atoms with van der Waals surface area (Å²) in [5.41, 5.74) is 0.943. The zero-order valence-corrected chi connectivity index (χ0v) is 13.9. The molecule has 0 bridgehead atoms. The third kappa shape index (κ3) is 2.79. The molecule has 1 aliphatic heterocycles. The maximum atomic E-state index is 12.1. The number of ether oxygens (including phenoxy) is 1. The largest absolute Gasteiger partial charge is 0.462 e. The van der Waals surface area contributed by atoms with E-state index in [1.54, 1.807) is 6.33 Å². The SMILES string of the molecule is CCOC(=O)c1sc2ncnc(N3CCCCCC3)c2c1C. The van der Waals surface area contributed by atoms with E-state index >= 15 is 0 Å². The number of aromatic nitrogens is 2. The van der Waals surface area contributed by atoms with E-state index in [0.29, 0.717) is 11.5 Å². The van der Waals surface area contributed by atoms with Crippen LogP contribution < -0.4 is 4.90 Å². The summed E-state index contributed by atoms with van der Waals surface area (Å²) in [6.07, 6.45) is 6.55. The van der Waals surface area contributed by atoms with Gasteiger partial charge in [0.25, 0.3) is 0 Å². The van der Waals surface area contributed by atoms with Crippen LogP contribution in [0.2, 0.25) is 0 Å². The molecule has 3 rings (SSSR count). The third-order valence-corrected chi connectivity index (χ3v) is 5.25. The summed E-state index contributed by atoms with van der Waals surface area (Å²) in [6, 6.07) is 0. The van der Waals surface area contributed by atoms with Crippen LogP contribution in [0.4, 0.5) is 5.82 Å². The van der Waals surface area contributed by atoms with Crippen molar-refractivity contribution in [2.45, 2.75) is 39.5 Å². The summed E-state index contributed by atoms with van der Waals surface area (Å²) in [4.78, 5) is 24.8. The number of esters is 1. The fraction of sp³-hybridized carbons (Fsp3) is 0.562. The summed E-state index contributed by atoms with van der Waals surface area (Å²) in [5, 5.41) is 1.01. The number of aryl methyl sites for hydroxylation is 1. The number of carbonyl (C=O) groups excluding carboxylic acids is 1. The van der Waals surface area contributed by atoms with Crippen molar-refractivity contribution in [2.75, 3.05) is 24.6 Å². The fourth-order valence-electron chi connectivity index (χ4n) is 2.97. The lowest BCUT2D eigenvalue weighted by Gasteiger charge is -2.22. The van der Waals surface area contributed by atoms with Gasteiger partial charge in [-0.15, -0.1) is 11.3 Å². The van der Waals surface area contributed by atoms with Crippen molar-refractivity contribution >= 4 is 33.3 Å². The number of rotatable bonds is 3. The molecule has 1 saturated heterocycles. The highest BCUT2D eigenvalue weighted by Gasteiger charge is 2.22. The molecule has 0 N–H and O–H groups in total. The number of hydrogen-bond donors (Lipinski definition) is 0. The Kier molecular flexibility index (Phi) is 4.57. The van der Waals surface area contributed by atoms with E-state index in [4.69, 9.17) is 4.74 Å². The van der Waals surface area contributed by atoms with E-state index in [9.17, 15) is 4.79 Å². The molecule has 0 unspecified atom stereocenters.